The standard InChI is InChI=1S/C18H28N4O3S.HI/c1-5-19-17(21-12-18(2,3)26(4,24)25)20-11-13-10-16(23)22-15-9-7-6-8-14(13)15;/h6-9,13H,5,10-12H2,1-4H3,(H,22,23)(H2,19,20,21);1H. The fourth-order valence-corrected chi connectivity index (χ4v) is 2.93. The molecule has 0 bridgehead atoms. The second-order valence-corrected chi connectivity index (χ2v) is 9.79. The summed E-state index contributed by atoms with van der Waals surface area (Å²) in [5, 5.41) is 9.25. The normalized spacial score (nSPS) is 17.4. The van der Waals surface area contributed by atoms with Gasteiger partial charge in [-0.2, -0.15) is 0 Å². The van der Waals surface area contributed by atoms with E-state index in [9.17, 15) is 13.2 Å². The number of nitrogens with one attached hydrogen (secondary N) is 3. The fourth-order valence-electron chi connectivity index (χ4n) is 2.63. The van der Waals surface area contributed by atoms with Crippen molar-refractivity contribution >= 4 is 51.4 Å². The van der Waals surface area contributed by atoms with E-state index in [2.05, 4.69) is 20.9 Å². The summed E-state index contributed by atoms with van der Waals surface area (Å²) in [5.41, 5.74) is 1.93. The zero-order valence-corrected chi connectivity index (χ0v) is 19.4. The minimum Gasteiger partial charge on any atom is -0.357 e. The van der Waals surface area contributed by atoms with E-state index in [1.54, 1.807) is 13.8 Å². The van der Waals surface area contributed by atoms with Gasteiger partial charge in [-0.1, -0.05) is 18.2 Å². The van der Waals surface area contributed by atoms with Gasteiger partial charge in [-0.15, -0.1) is 24.0 Å². The molecule has 1 aromatic rings. The van der Waals surface area contributed by atoms with Crippen molar-refractivity contribution < 1.29 is 13.2 Å². The Kier molecular flexibility index (Phi) is 8.52. The van der Waals surface area contributed by atoms with E-state index in [-0.39, 0.29) is 42.3 Å². The van der Waals surface area contributed by atoms with E-state index in [0.717, 1.165) is 11.3 Å². The number of benzene rings is 1. The molecule has 0 saturated heterocycles. The number of hydrogen-bond acceptors (Lipinski definition) is 4. The predicted molar refractivity (Wildman–Crippen MR) is 121 cm³/mol. The molecule has 3 N–H and O–H groups in total. The summed E-state index contributed by atoms with van der Waals surface area (Å²) in [4.78, 5) is 16.3. The van der Waals surface area contributed by atoms with Crippen molar-refractivity contribution in [3.05, 3.63) is 29.8 Å². The molecule has 0 fully saturated rings. The van der Waals surface area contributed by atoms with E-state index >= 15 is 0 Å². The Bertz CT molecular complexity index is 794. The van der Waals surface area contributed by atoms with Gasteiger partial charge in [0.15, 0.2) is 15.8 Å². The van der Waals surface area contributed by atoms with Crippen LogP contribution in [0.5, 0.6) is 0 Å². The molecule has 9 heteroatoms. The second-order valence-electron chi connectivity index (χ2n) is 7.14. The average Bonchev–Trinajstić information content (AvgIpc) is 2.56. The molecule has 1 aromatic carbocycles. The first kappa shape index (κ1) is 23.7. The van der Waals surface area contributed by atoms with Crippen LogP contribution in [0.4, 0.5) is 5.69 Å². The number of rotatable bonds is 6. The van der Waals surface area contributed by atoms with Crippen molar-refractivity contribution in [2.45, 2.75) is 37.9 Å². The van der Waals surface area contributed by atoms with Crippen LogP contribution in [-0.2, 0) is 14.6 Å². The molecule has 0 saturated carbocycles. The van der Waals surface area contributed by atoms with Gasteiger partial charge < -0.3 is 16.0 Å². The van der Waals surface area contributed by atoms with Crippen LogP contribution in [0, 0.1) is 0 Å². The zero-order valence-electron chi connectivity index (χ0n) is 16.2. The third-order valence-corrected chi connectivity index (χ3v) is 6.72. The molecule has 0 aromatic heterocycles. The van der Waals surface area contributed by atoms with Gasteiger partial charge in [-0.25, -0.2) is 8.42 Å². The molecular formula is C18H29IN4O3S. The highest BCUT2D eigenvalue weighted by atomic mass is 127. The van der Waals surface area contributed by atoms with Gasteiger partial charge >= 0.3 is 0 Å². The summed E-state index contributed by atoms with van der Waals surface area (Å²) in [5.74, 6) is 0.579. The zero-order chi connectivity index (χ0) is 19.4. The highest BCUT2D eigenvalue weighted by Crippen LogP contribution is 2.31. The molecule has 1 amide bonds. The number of anilines is 1. The van der Waals surface area contributed by atoms with Gasteiger partial charge in [0.05, 0.1) is 11.3 Å². The highest BCUT2D eigenvalue weighted by molar-refractivity contribution is 14.0. The number of halogens is 1. The third kappa shape index (κ3) is 6.34. The maximum absolute atomic E-state index is 11.9. The van der Waals surface area contributed by atoms with Crippen LogP contribution < -0.4 is 16.0 Å². The molecule has 2 rings (SSSR count). The Morgan fingerprint density at radius 1 is 1.30 bits per heavy atom. The third-order valence-electron chi connectivity index (χ3n) is 4.59. The summed E-state index contributed by atoms with van der Waals surface area (Å²) in [6.45, 7) is 6.63. The number of guanidine groups is 1. The van der Waals surface area contributed by atoms with Crippen LogP contribution >= 0.6 is 24.0 Å². The predicted octanol–water partition coefficient (Wildman–Crippen LogP) is 2.11. The Morgan fingerprint density at radius 2 is 1.96 bits per heavy atom. The lowest BCUT2D eigenvalue weighted by Gasteiger charge is -2.26. The second kappa shape index (κ2) is 9.72. The SMILES string of the molecule is CCNC(=NCC(C)(C)S(C)(=O)=O)NCC1CC(=O)Nc2ccccc21.I. The number of para-hydroxylation sites is 1. The Hall–Kier alpha value is -1.36. The first-order valence-electron chi connectivity index (χ1n) is 8.74. The van der Waals surface area contributed by atoms with Gasteiger partial charge in [-0.05, 0) is 32.4 Å². The maximum atomic E-state index is 11.9. The molecule has 0 spiro atoms. The number of fused-ring (bicyclic) bond motifs is 1. The molecule has 1 aliphatic heterocycles. The van der Waals surface area contributed by atoms with Crippen molar-refractivity contribution in [3.63, 3.8) is 0 Å². The first-order valence-corrected chi connectivity index (χ1v) is 10.6. The van der Waals surface area contributed by atoms with Crippen molar-refractivity contribution in [1.82, 2.24) is 10.6 Å². The lowest BCUT2D eigenvalue weighted by Crippen LogP contribution is -2.42. The van der Waals surface area contributed by atoms with Crippen LogP contribution in [-0.4, -0.2) is 50.9 Å². The lowest BCUT2D eigenvalue weighted by molar-refractivity contribution is -0.116. The van der Waals surface area contributed by atoms with Crippen molar-refractivity contribution in [2.75, 3.05) is 31.2 Å². The number of sulfone groups is 1. The van der Waals surface area contributed by atoms with E-state index < -0.39 is 14.6 Å². The summed E-state index contributed by atoms with van der Waals surface area (Å²) < 4.78 is 22.8. The van der Waals surface area contributed by atoms with Gasteiger partial charge in [-0.3, -0.25) is 9.79 Å². The topological polar surface area (TPSA) is 99.7 Å². The minimum absolute atomic E-state index is 0. The van der Waals surface area contributed by atoms with Crippen LogP contribution in [0.25, 0.3) is 0 Å². The molecule has 1 atom stereocenters. The molecular weight excluding hydrogens is 479 g/mol. The van der Waals surface area contributed by atoms with E-state index in [1.807, 2.05) is 31.2 Å². The summed E-state index contributed by atoms with van der Waals surface area (Å²) >= 11 is 0. The van der Waals surface area contributed by atoms with Crippen molar-refractivity contribution in [2.24, 2.45) is 4.99 Å². The Balaban J connectivity index is 0.00000364. The Labute approximate surface area is 178 Å². The highest BCUT2D eigenvalue weighted by Gasteiger charge is 2.30. The molecule has 152 valence electrons. The average molecular weight is 508 g/mol. The molecule has 1 unspecified atom stereocenters. The van der Waals surface area contributed by atoms with E-state index in [0.29, 0.717) is 25.5 Å². The molecule has 27 heavy (non-hydrogen) atoms. The number of hydrogen-bond donors (Lipinski definition) is 3. The number of nitrogens with zero attached hydrogens (tertiary/aromatic N) is 1. The van der Waals surface area contributed by atoms with E-state index in [4.69, 9.17) is 0 Å². The smallest absolute Gasteiger partial charge is 0.225 e. The summed E-state index contributed by atoms with van der Waals surface area (Å²) in [6, 6.07) is 7.76. The van der Waals surface area contributed by atoms with Gasteiger partial charge in [0.2, 0.25) is 5.91 Å². The summed E-state index contributed by atoms with van der Waals surface area (Å²) in [7, 11) is -3.21. The molecule has 1 aliphatic rings. The summed E-state index contributed by atoms with van der Waals surface area (Å²) in [6.07, 6.45) is 1.62. The van der Waals surface area contributed by atoms with Gasteiger partial charge in [0.25, 0.3) is 0 Å². The number of aliphatic imine (C=N–C) groups is 1. The van der Waals surface area contributed by atoms with Crippen LogP contribution in [0.3, 0.4) is 0 Å². The monoisotopic (exact) mass is 508 g/mol. The lowest BCUT2D eigenvalue weighted by atomic mass is 9.90. The largest absolute Gasteiger partial charge is 0.357 e. The molecule has 0 aliphatic carbocycles. The number of carbonyl (C=O) groups is 1. The molecule has 1 heterocycles. The van der Waals surface area contributed by atoms with Crippen LogP contribution in [0.2, 0.25) is 0 Å². The quantitative estimate of drug-likeness (QED) is 0.311. The maximum Gasteiger partial charge on any atom is 0.225 e. The van der Waals surface area contributed by atoms with Crippen LogP contribution in [0.15, 0.2) is 29.3 Å². The Morgan fingerprint density at radius 3 is 2.59 bits per heavy atom. The molecule has 0 radical (unpaired) electrons. The van der Waals surface area contributed by atoms with Crippen molar-refractivity contribution in [3.8, 4) is 0 Å². The fraction of sp³-hybridized carbons (Fsp3) is 0.556. The number of amides is 1. The van der Waals surface area contributed by atoms with E-state index in [1.165, 1.54) is 6.26 Å². The van der Waals surface area contributed by atoms with Gasteiger partial charge in [0, 0.05) is 37.4 Å². The molecule has 7 nitrogen and oxygen atoms in total. The van der Waals surface area contributed by atoms with Gasteiger partial charge in [0.1, 0.15) is 0 Å². The first-order chi connectivity index (χ1) is 12.1. The number of carbonyl (C=O) groups excluding carboxylic acids is 1. The van der Waals surface area contributed by atoms with Crippen LogP contribution in [0.1, 0.15) is 38.7 Å². The minimum atomic E-state index is -3.21. The van der Waals surface area contributed by atoms with Crippen molar-refractivity contribution in [1.29, 1.82) is 0 Å².